The minimum Gasteiger partial charge on any atom is -0.349 e. The van der Waals surface area contributed by atoms with Gasteiger partial charge in [0.2, 0.25) is 0 Å². The lowest BCUT2D eigenvalue weighted by atomic mass is 9.87. The Kier molecular flexibility index (Phi) is 7.86. The third-order valence-corrected chi connectivity index (χ3v) is 8.94. The zero-order valence-corrected chi connectivity index (χ0v) is 25.8. The molecule has 43 heavy (non-hydrogen) atoms. The second-order valence-corrected chi connectivity index (χ2v) is 11.7. The number of aliphatic imine (C=N–C) groups is 1. The molecule has 3 aliphatic rings. The highest BCUT2D eigenvalue weighted by molar-refractivity contribution is 6.18. The van der Waals surface area contributed by atoms with Crippen molar-refractivity contribution >= 4 is 28.3 Å². The lowest BCUT2D eigenvalue weighted by Gasteiger charge is -2.35. The van der Waals surface area contributed by atoms with Crippen LogP contribution in [0.15, 0.2) is 132 Å². The van der Waals surface area contributed by atoms with Crippen molar-refractivity contribution in [3.8, 4) is 0 Å². The largest absolute Gasteiger partial charge is 0.349 e. The molecule has 0 spiro atoms. The molecule has 1 aliphatic heterocycles. The Morgan fingerprint density at radius 2 is 1.72 bits per heavy atom. The molecule has 0 aromatic heterocycles. The Bertz CT molecular complexity index is 1820. The Morgan fingerprint density at radius 1 is 0.953 bits per heavy atom. The minimum absolute atomic E-state index is 0.0293. The maximum atomic E-state index is 5.31. The van der Waals surface area contributed by atoms with Crippen molar-refractivity contribution < 1.29 is 0 Å². The van der Waals surface area contributed by atoms with E-state index in [1.165, 1.54) is 50.1 Å². The van der Waals surface area contributed by atoms with E-state index in [1.807, 2.05) is 6.08 Å². The van der Waals surface area contributed by atoms with Crippen LogP contribution in [-0.2, 0) is 6.42 Å². The molecule has 0 fully saturated rings. The highest BCUT2D eigenvalue weighted by Crippen LogP contribution is 2.46. The zero-order valence-electron chi connectivity index (χ0n) is 25.8. The number of benzene rings is 3. The molecule has 3 aromatic carbocycles. The van der Waals surface area contributed by atoms with Crippen molar-refractivity contribution in [2.24, 2.45) is 4.99 Å². The zero-order chi connectivity index (χ0) is 30.1. The number of hydrogen-bond acceptors (Lipinski definition) is 2. The van der Waals surface area contributed by atoms with Gasteiger partial charge in [0.25, 0.3) is 0 Å². The summed E-state index contributed by atoms with van der Waals surface area (Å²) in [6, 6.07) is 24.3. The van der Waals surface area contributed by atoms with Gasteiger partial charge in [-0.3, -0.25) is 0 Å². The second kappa shape index (κ2) is 11.9. The molecule has 214 valence electrons. The molecule has 0 saturated carbocycles. The SMILES string of the molecule is C=CC1C(/C=C\C)=C(c2ccc(C(=C)C3=C(c4ccccc4C)Cc4ccccc43)c(C)c2)N=C(C2=CCCC=C2)N1C. The standard InChI is InChI=1S/C41H40N2/c1-7-16-36-38(8-2)43(6)41(30-18-10-9-11-19-30)42-40(36)32-23-24-33(28(4)25-32)29(5)39-35-22-15-13-20-31(35)26-37(39)34-21-14-12-17-27(34)3/h7-8,10,12-25,38H,2,5,9,11,26H2,1,3-4,6H3/b16-7-. The summed E-state index contributed by atoms with van der Waals surface area (Å²) in [4.78, 5) is 7.55. The normalized spacial score (nSPS) is 18.2. The third-order valence-electron chi connectivity index (χ3n) is 8.94. The van der Waals surface area contributed by atoms with Gasteiger partial charge in [0, 0.05) is 23.8 Å². The van der Waals surface area contributed by atoms with Gasteiger partial charge >= 0.3 is 0 Å². The van der Waals surface area contributed by atoms with E-state index in [2.05, 4.69) is 136 Å². The summed E-state index contributed by atoms with van der Waals surface area (Å²) in [6.45, 7) is 15.4. The molecule has 1 atom stereocenters. The van der Waals surface area contributed by atoms with Gasteiger partial charge in [-0.1, -0.05) is 104 Å². The number of nitrogens with zero attached hydrogens (tertiary/aromatic N) is 2. The van der Waals surface area contributed by atoms with Gasteiger partial charge in [-0.15, -0.1) is 6.58 Å². The van der Waals surface area contributed by atoms with Crippen LogP contribution in [-0.4, -0.2) is 23.8 Å². The molecular weight excluding hydrogens is 520 g/mol. The molecule has 0 N–H and O–H groups in total. The van der Waals surface area contributed by atoms with Crippen molar-refractivity contribution in [2.75, 3.05) is 7.05 Å². The van der Waals surface area contributed by atoms with Crippen LogP contribution in [0, 0.1) is 13.8 Å². The Balaban J connectivity index is 1.47. The Morgan fingerprint density at radius 3 is 2.42 bits per heavy atom. The number of amidine groups is 1. The predicted octanol–water partition coefficient (Wildman–Crippen LogP) is 9.95. The monoisotopic (exact) mass is 560 g/mol. The van der Waals surface area contributed by atoms with Crippen molar-refractivity contribution in [1.29, 1.82) is 0 Å². The van der Waals surface area contributed by atoms with Crippen LogP contribution < -0.4 is 0 Å². The van der Waals surface area contributed by atoms with Crippen molar-refractivity contribution in [3.05, 3.63) is 166 Å². The van der Waals surface area contributed by atoms with Gasteiger partial charge in [-0.05, 0) is 96.2 Å². The first-order valence-corrected chi connectivity index (χ1v) is 15.3. The quantitative estimate of drug-likeness (QED) is 0.263. The first-order chi connectivity index (χ1) is 20.9. The topological polar surface area (TPSA) is 15.6 Å². The molecule has 2 heteroatoms. The van der Waals surface area contributed by atoms with E-state index in [-0.39, 0.29) is 6.04 Å². The van der Waals surface area contributed by atoms with Crippen LogP contribution in [0.5, 0.6) is 0 Å². The molecule has 2 aliphatic carbocycles. The molecule has 0 amide bonds. The maximum Gasteiger partial charge on any atom is 0.136 e. The maximum absolute atomic E-state index is 5.31. The first-order valence-electron chi connectivity index (χ1n) is 15.3. The van der Waals surface area contributed by atoms with Gasteiger partial charge in [-0.25, -0.2) is 4.99 Å². The second-order valence-electron chi connectivity index (χ2n) is 11.7. The highest BCUT2D eigenvalue weighted by atomic mass is 15.2. The van der Waals surface area contributed by atoms with Crippen LogP contribution in [0.1, 0.15) is 58.7 Å². The average molecular weight is 561 g/mol. The molecule has 6 rings (SSSR count). The van der Waals surface area contributed by atoms with Crippen molar-refractivity contribution in [2.45, 2.75) is 46.1 Å². The number of aryl methyl sites for hydroxylation is 2. The molecule has 0 saturated heterocycles. The summed E-state index contributed by atoms with van der Waals surface area (Å²) in [5.41, 5.74) is 15.8. The Labute approximate surface area is 257 Å². The predicted molar refractivity (Wildman–Crippen MR) is 186 cm³/mol. The molecular formula is C41H40N2. The summed E-state index contributed by atoms with van der Waals surface area (Å²) in [5, 5.41) is 0. The molecule has 2 nitrogen and oxygen atoms in total. The molecule has 3 aromatic rings. The van der Waals surface area contributed by atoms with Gasteiger partial charge in [-0.2, -0.15) is 0 Å². The first kappa shape index (κ1) is 28.4. The van der Waals surface area contributed by atoms with E-state index < -0.39 is 0 Å². The van der Waals surface area contributed by atoms with Crippen LogP contribution in [0.25, 0.3) is 22.4 Å². The van der Waals surface area contributed by atoms with E-state index in [9.17, 15) is 0 Å². The third kappa shape index (κ3) is 5.12. The minimum atomic E-state index is 0.0293. The van der Waals surface area contributed by atoms with Crippen molar-refractivity contribution in [1.82, 2.24) is 4.90 Å². The Hall–Kier alpha value is -4.69. The summed E-state index contributed by atoms with van der Waals surface area (Å²) in [5.74, 6) is 0.992. The van der Waals surface area contributed by atoms with Gasteiger partial charge < -0.3 is 4.90 Å². The van der Waals surface area contributed by atoms with Crippen LogP contribution >= 0.6 is 0 Å². The van der Waals surface area contributed by atoms with Gasteiger partial charge in [0.05, 0.1) is 11.7 Å². The fourth-order valence-electron chi connectivity index (χ4n) is 6.78. The van der Waals surface area contributed by atoms with E-state index in [4.69, 9.17) is 11.6 Å². The fraction of sp³-hybridized carbons (Fsp3) is 0.195. The van der Waals surface area contributed by atoms with Crippen molar-refractivity contribution in [3.63, 3.8) is 0 Å². The fourth-order valence-corrected chi connectivity index (χ4v) is 6.78. The van der Waals surface area contributed by atoms with E-state index in [0.29, 0.717) is 0 Å². The van der Waals surface area contributed by atoms with E-state index >= 15 is 0 Å². The van der Waals surface area contributed by atoms with Crippen LogP contribution in [0.2, 0.25) is 0 Å². The van der Waals surface area contributed by atoms with Crippen LogP contribution in [0.4, 0.5) is 0 Å². The molecule has 1 unspecified atom stereocenters. The summed E-state index contributed by atoms with van der Waals surface area (Å²) in [7, 11) is 2.12. The number of allylic oxidation sites excluding steroid dienone is 6. The highest BCUT2D eigenvalue weighted by Gasteiger charge is 2.30. The smallest absolute Gasteiger partial charge is 0.136 e. The molecule has 0 radical (unpaired) electrons. The number of likely N-dealkylation sites (N-methyl/N-ethyl adjacent to an activating group) is 1. The summed E-state index contributed by atoms with van der Waals surface area (Å²) >= 11 is 0. The molecule has 1 heterocycles. The lowest BCUT2D eigenvalue weighted by molar-refractivity contribution is 0.470. The molecule has 0 bridgehead atoms. The average Bonchev–Trinajstić information content (AvgIpc) is 3.41. The summed E-state index contributed by atoms with van der Waals surface area (Å²) in [6.07, 6.45) is 16.1. The van der Waals surface area contributed by atoms with E-state index in [1.54, 1.807) is 0 Å². The number of hydrogen-bond donors (Lipinski definition) is 0. The van der Waals surface area contributed by atoms with Gasteiger partial charge in [0.15, 0.2) is 0 Å². The lowest BCUT2D eigenvalue weighted by Crippen LogP contribution is -2.40. The summed E-state index contributed by atoms with van der Waals surface area (Å²) < 4.78 is 0. The number of fused-ring (bicyclic) bond motifs is 1. The number of rotatable bonds is 7. The van der Waals surface area contributed by atoms with Crippen LogP contribution in [0.3, 0.4) is 0 Å². The van der Waals surface area contributed by atoms with E-state index in [0.717, 1.165) is 47.5 Å². The van der Waals surface area contributed by atoms with Gasteiger partial charge in [0.1, 0.15) is 5.84 Å².